The van der Waals surface area contributed by atoms with E-state index in [-0.39, 0.29) is 5.78 Å². The van der Waals surface area contributed by atoms with Crippen LogP contribution in [0.2, 0.25) is 10.0 Å². The topological polar surface area (TPSA) is 40.9 Å². The van der Waals surface area contributed by atoms with Crippen LogP contribution in [-0.2, 0) is 0 Å². The summed E-state index contributed by atoms with van der Waals surface area (Å²) in [6.07, 6.45) is 3.13. The molecule has 0 amide bonds. The second kappa shape index (κ2) is 6.38. The fraction of sp³-hybridized carbons (Fsp3) is 0. The first kappa shape index (κ1) is 14.3. The molecular formula is C16H9Cl2NO. The Morgan fingerprint density at radius 1 is 1.05 bits per heavy atom. The highest BCUT2D eigenvalue weighted by Gasteiger charge is 2.02. The Balaban J connectivity index is 2.15. The highest BCUT2D eigenvalue weighted by atomic mass is 35.5. The van der Waals surface area contributed by atoms with Crippen molar-refractivity contribution in [1.29, 1.82) is 5.26 Å². The van der Waals surface area contributed by atoms with Crippen LogP contribution in [0.15, 0.2) is 48.5 Å². The first-order valence-electron chi connectivity index (χ1n) is 5.78. The number of nitriles is 1. The first-order chi connectivity index (χ1) is 9.60. The van der Waals surface area contributed by atoms with E-state index < -0.39 is 0 Å². The fourth-order valence-electron chi connectivity index (χ4n) is 1.59. The number of halogens is 2. The molecule has 0 heterocycles. The maximum absolute atomic E-state index is 11.9. The molecule has 0 spiro atoms. The molecule has 0 saturated heterocycles. The second-order valence-corrected chi connectivity index (χ2v) is 4.87. The largest absolute Gasteiger partial charge is 0.289 e. The summed E-state index contributed by atoms with van der Waals surface area (Å²) in [7, 11) is 0. The van der Waals surface area contributed by atoms with Crippen molar-refractivity contribution in [1.82, 2.24) is 0 Å². The van der Waals surface area contributed by atoms with Crippen molar-refractivity contribution in [3.8, 4) is 6.07 Å². The van der Waals surface area contributed by atoms with Gasteiger partial charge in [-0.3, -0.25) is 4.79 Å². The molecule has 4 heteroatoms. The van der Waals surface area contributed by atoms with E-state index in [1.165, 1.54) is 6.08 Å². The molecule has 0 saturated carbocycles. The van der Waals surface area contributed by atoms with Crippen LogP contribution < -0.4 is 0 Å². The molecule has 0 N–H and O–H groups in total. The minimum absolute atomic E-state index is 0.138. The smallest absolute Gasteiger partial charge is 0.185 e. The molecule has 0 unspecified atom stereocenters. The van der Waals surface area contributed by atoms with Gasteiger partial charge in [0.1, 0.15) is 0 Å². The summed E-state index contributed by atoms with van der Waals surface area (Å²) < 4.78 is 0. The SMILES string of the molecule is N#Cc1ccc(C(=O)C=Cc2ccc(Cl)c(Cl)c2)cc1. The molecule has 0 fully saturated rings. The zero-order valence-corrected chi connectivity index (χ0v) is 11.8. The van der Waals surface area contributed by atoms with Crippen molar-refractivity contribution in [2.45, 2.75) is 0 Å². The highest BCUT2D eigenvalue weighted by molar-refractivity contribution is 6.42. The van der Waals surface area contributed by atoms with Gasteiger partial charge < -0.3 is 0 Å². The molecule has 2 rings (SSSR count). The molecule has 0 atom stereocenters. The Hall–Kier alpha value is -2.08. The number of hydrogen-bond donors (Lipinski definition) is 0. The third kappa shape index (κ3) is 3.48. The Kier molecular flexibility index (Phi) is 4.57. The average molecular weight is 302 g/mol. The molecular weight excluding hydrogens is 293 g/mol. The van der Waals surface area contributed by atoms with Gasteiger partial charge in [0.2, 0.25) is 0 Å². The monoisotopic (exact) mass is 301 g/mol. The van der Waals surface area contributed by atoms with Crippen molar-refractivity contribution in [3.05, 3.63) is 75.3 Å². The van der Waals surface area contributed by atoms with Gasteiger partial charge in [0.25, 0.3) is 0 Å². The Bertz CT molecular complexity index is 712. The summed E-state index contributed by atoms with van der Waals surface area (Å²) >= 11 is 11.7. The summed E-state index contributed by atoms with van der Waals surface area (Å²) in [5.74, 6) is -0.138. The van der Waals surface area contributed by atoms with Gasteiger partial charge in [0, 0.05) is 5.56 Å². The van der Waals surface area contributed by atoms with Gasteiger partial charge in [-0.1, -0.05) is 35.3 Å². The second-order valence-electron chi connectivity index (χ2n) is 4.06. The Morgan fingerprint density at radius 3 is 2.35 bits per heavy atom. The van der Waals surface area contributed by atoms with E-state index in [1.807, 2.05) is 6.07 Å². The Morgan fingerprint density at radius 2 is 1.75 bits per heavy atom. The number of carbonyl (C=O) groups is 1. The number of nitrogens with zero attached hydrogens (tertiary/aromatic N) is 1. The van der Waals surface area contributed by atoms with Crippen molar-refractivity contribution >= 4 is 35.1 Å². The molecule has 98 valence electrons. The third-order valence-electron chi connectivity index (χ3n) is 2.67. The van der Waals surface area contributed by atoms with Gasteiger partial charge in [0.05, 0.1) is 21.7 Å². The van der Waals surface area contributed by atoms with Crippen molar-refractivity contribution in [2.24, 2.45) is 0 Å². The van der Waals surface area contributed by atoms with Crippen molar-refractivity contribution in [3.63, 3.8) is 0 Å². The van der Waals surface area contributed by atoms with Crippen LogP contribution in [0.4, 0.5) is 0 Å². The average Bonchev–Trinajstić information content (AvgIpc) is 2.48. The molecule has 2 aromatic carbocycles. The predicted molar refractivity (Wildman–Crippen MR) is 81.0 cm³/mol. The van der Waals surface area contributed by atoms with Gasteiger partial charge in [-0.25, -0.2) is 0 Å². The highest BCUT2D eigenvalue weighted by Crippen LogP contribution is 2.23. The number of hydrogen-bond acceptors (Lipinski definition) is 2. The molecule has 0 radical (unpaired) electrons. The van der Waals surface area contributed by atoms with Gasteiger partial charge in [-0.15, -0.1) is 0 Å². The van der Waals surface area contributed by atoms with E-state index >= 15 is 0 Å². The number of benzene rings is 2. The van der Waals surface area contributed by atoms with E-state index in [0.29, 0.717) is 21.2 Å². The zero-order chi connectivity index (χ0) is 14.5. The lowest BCUT2D eigenvalue weighted by Crippen LogP contribution is -1.93. The molecule has 0 aromatic heterocycles. The lowest BCUT2D eigenvalue weighted by Gasteiger charge is -1.98. The van der Waals surface area contributed by atoms with Crippen LogP contribution in [0.3, 0.4) is 0 Å². The van der Waals surface area contributed by atoms with Gasteiger partial charge in [0.15, 0.2) is 5.78 Å². The number of allylic oxidation sites excluding steroid dienone is 1. The van der Waals surface area contributed by atoms with Crippen LogP contribution in [0.1, 0.15) is 21.5 Å². The molecule has 0 aliphatic carbocycles. The molecule has 20 heavy (non-hydrogen) atoms. The summed E-state index contributed by atoms with van der Waals surface area (Å²) in [5.41, 5.74) is 1.84. The number of ketones is 1. The number of rotatable bonds is 3. The van der Waals surface area contributed by atoms with E-state index in [0.717, 1.165) is 5.56 Å². The fourth-order valence-corrected chi connectivity index (χ4v) is 1.90. The molecule has 0 aliphatic rings. The summed E-state index contributed by atoms with van der Waals surface area (Å²) in [5, 5.41) is 9.61. The van der Waals surface area contributed by atoms with Crippen LogP contribution in [0.25, 0.3) is 6.08 Å². The summed E-state index contributed by atoms with van der Waals surface area (Å²) in [6.45, 7) is 0. The molecule has 0 bridgehead atoms. The summed E-state index contributed by atoms with van der Waals surface area (Å²) in [6, 6.07) is 13.6. The van der Waals surface area contributed by atoms with Crippen LogP contribution in [-0.4, -0.2) is 5.78 Å². The van der Waals surface area contributed by atoms with Crippen LogP contribution in [0, 0.1) is 11.3 Å². The minimum Gasteiger partial charge on any atom is -0.289 e. The molecule has 2 aromatic rings. The van der Waals surface area contributed by atoms with Gasteiger partial charge in [-0.2, -0.15) is 5.26 Å². The number of carbonyl (C=O) groups excluding carboxylic acids is 1. The minimum atomic E-state index is -0.138. The first-order valence-corrected chi connectivity index (χ1v) is 6.53. The quantitative estimate of drug-likeness (QED) is 0.606. The standard InChI is InChI=1S/C16H9Cl2NO/c17-14-7-3-11(9-15(14)18)4-8-16(20)13-5-1-12(10-19)2-6-13/h1-9H. The van der Waals surface area contributed by atoms with E-state index in [9.17, 15) is 4.79 Å². The lowest BCUT2D eigenvalue weighted by molar-refractivity contribution is 0.104. The maximum Gasteiger partial charge on any atom is 0.185 e. The predicted octanol–water partition coefficient (Wildman–Crippen LogP) is 4.76. The van der Waals surface area contributed by atoms with Gasteiger partial charge >= 0.3 is 0 Å². The third-order valence-corrected chi connectivity index (χ3v) is 3.41. The maximum atomic E-state index is 11.9. The molecule has 2 nitrogen and oxygen atoms in total. The van der Waals surface area contributed by atoms with E-state index in [2.05, 4.69) is 0 Å². The Labute approximate surface area is 126 Å². The van der Waals surface area contributed by atoms with E-state index in [4.69, 9.17) is 28.5 Å². The van der Waals surface area contributed by atoms with Crippen molar-refractivity contribution < 1.29 is 4.79 Å². The van der Waals surface area contributed by atoms with E-state index in [1.54, 1.807) is 48.5 Å². The summed E-state index contributed by atoms with van der Waals surface area (Å²) in [4.78, 5) is 11.9. The lowest BCUT2D eigenvalue weighted by atomic mass is 10.1. The normalized spacial score (nSPS) is 10.4. The van der Waals surface area contributed by atoms with Gasteiger partial charge in [-0.05, 0) is 48.0 Å². The molecule has 0 aliphatic heterocycles. The van der Waals surface area contributed by atoms with Crippen LogP contribution >= 0.6 is 23.2 Å². The van der Waals surface area contributed by atoms with Crippen molar-refractivity contribution in [2.75, 3.05) is 0 Å². The van der Waals surface area contributed by atoms with Crippen LogP contribution in [0.5, 0.6) is 0 Å². The zero-order valence-electron chi connectivity index (χ0n) is 10.3.